The summed E-state index contributed by atoms with van der Waals surface area (Å²) in [5, 5.41) is 9.30. The molecule has 3 N–H and O–H groups in total. The monoisotopic (exact) mass is 288 g/mol. The van der Waals surface area contributed by atoms with E-state index in [0.29, 0.717) is 12.3 Å². The van der Waals surface area contributed by atoms with Gasteiger partial charge in [0.05, 0.1) is 12.7 Å². The third-order valence-electron chi connectivity index (χ3n) is 2.48. The number of aliphatic hydroxyl groups excluding tert-OH is 1. The van der Waals surface area contributed by atoms with Gasteiger partial charge in [-0.25, -0.2) is 8.42 Å². The number of likely N-dealkylation sites (N-methyl/N-ethyl adjacent to an activating group) is 1. The zero-order chi connectivity index (χ0) is 14.6. The molecule has 0 saturated heterocycles. The molecule has 6 nitrogen and oxygen atoms in total. The van der Waals surface area contributed by atoms with Crippen LogP contribution in [-0.4, -0.2) is 44.1 Å². The summed E-state index contributed by atoms with van der Waals surface area (Å²) in [5.74, 6) is 0.258. The first-order valence-corrected chi connectivity index (χ1v) is 7.39. The van der Waals surface area contributed by atoms with E-state index in [9.17, 15) is 13.5 Å². The van der Waals surface area contributed by atoms with Gasteiger partial charge in [-0.1, -0.05) is 0 Å². The normalized spacial score (nSPS) is 13.5. The molecule has 1 unspecified atom stereocenters. The van der Waals surface area contributed by atoms with E-state index in [1.807, 2.05) is 0 Å². The summed E-state index contributed by atoms with van der Waals surface area (Å²) in [6.45, 7) is 3.65. The number of rotatable bonds is 6. The lowest BCUT2D eigenvalue weighted by atomic mass is 10.3. The first-order chi connectivity index (χ1) is 8.78. The van der Waals surface area contributed by atoms with Crippen molar-refractivity contribution in [2.45, 2.75) is 24.8 Å². The molecule has 0 bridgehead atoms. The molecule has 1 rings (SSSR count). The molecule has 0 fully saturated rings. The van der Waals surface area contributed by atoms with Gasteiger partial charge in [0.25, 0.3) is 0 Å². The SMILES string of the molecule is CCOc1ccc(N)cc1S(=O)(=O)N(C)CC(C)O. The summed E-state index contributed by atoms with van der Waals surface area (Å²) in [4.78, 5) is 0.0116. The smallest absolute Gasteiger partial charge is 0.246 e. The molecule has 0 heterocycles. The molecule has 0 amide bonds. The number of hydrogen-bond donors (Lipinski definition) is 2. The van der Waals surface area contributed by atoms with Crippen LogP contribution in [0.15, 0.2) is 23.1 Å². The number of ether oxygens (including phenoxy) is 1. The van der Waals surface area contributed by atoms with Crippen LogP contribution in [-0.2, 0) is 10.0 Å². The van der Waals surface area contributed by atoms with Crippen LogP contribution in [0, 0.1) is 0 Å². The Kier molecular flexibility index (Phi) is 5.16. The standard InChI is InChI=1S/C12H20N2O4S/c1-4-18-11-6-5-10(13)7-12(11)19(16,17)14(3)8-9(2)15/h5-7,9,15H,4,8,13H2,1-3H3. The maximum Gasteiger partial charge on any atom is 0.246 e. The highest BCUT2D eigenvalue weighted by Gasteiger charge is 2.26. The maximum atomic E-state index is 12.4. The van der Waals surface area contributed by atoms with Crippen molar-refractivity contribution >= 4 is 15.7 Å². The molecule has 1 aromatic rings. The van der Waals surface area contributed by atoms with E-state index in [2.05, 4.69) is 0 Å². The van der Waals surface area contributed by atoms with Crippen molar-refractivity contribution in [1.29, 1.82) is 0 Å². The van der Waals surface area contributed by atoms with Gasteiger partial charge < -0.3 is 15.6 Å². The van der Waals surface area contributed by atoms with Crippen LogP contribution in [0.5, 0.6) is 5.75 Å². The van der Waals surface area contributed by atoms with Crippen molar-refractivity contribution in [3.63, 3.8) is 0 Å². The lowest BCUT2D eigenvalue weighted by Crippen LogP contribution is -2.33. The highest BCUT2D eigenvalue weighted by Crippen LogP contribution is 2.28. The molecular formula is C12H20N2O4S. The molecule has 0 aromatic heterocycles. The Morgan fingerprint density at radius 2 is 2.11 bits per heavy atom. The van der Waals surface area contributed by atoms with Crippen molar-refractivity contribution in [3.05, 3.63) is 18.2 Å². The van der Waals surface area contributed by atoms with Gasteiger partial charge in [0.2, 0.25) is 10.0 Å². The molecule has 108 valence electrons. The van der Waals surface area contributed by atoms with Gasteiger partial charge in [0, 0.05) is 19.3 Å². The van der Waals surface area contributed by atoms with Crippen LogP contribution in [0.3, 0.4) is 0 Å². The van der Waals surface area contributed by atoms with E-state index in [4.69, 9.17) is 10.5 Å². The molecule has 0 aliphatic rings. The number of sulfonamides is 1. The van der Waals surface area contributed by atoms with Gasteiger partial charge in [0.15, 0.2) is 0 Å². The minimum absolute atomic E-state index is 0.00268. The van der Waals surface area contributed by atoms with Crippen molar-refractivity contribution < 1.29 is 18.3 Å². The maximum absolute atomic E-state index is 12.4. The summed E-state index contributed by atoms with van der Waals surface area (Å²) >= 11 is 0. The lowest BCUT2D eigenvalue weighted by Gasteiger charge is -2.20. The highest BCUT2D eigenvalue weighted by atomic mass is 32.2. The Bertz CT molecular complexity index is 529. The fourth-order valence-electron chi connectivity index (χ4n) is 1.64. The minimum Gasteiger partial charge on any atom is -0.492 e. The number of benzene rings is 1. The van der Waals surface area contributed by atoms with Crippen LogP contribution in [0.4, 0.5) is 5.69 Å². The third kappa shape index (κ3) is 3.82. The van der Waals surface area contributed by atoms with E-state index in [1.54, 1.807) is 13.0 Å². The van der Waals surface area contributed by atoms with E-state index >= 15 is 0 Å². The lowest BCUT2D eigenvalue weighted by molar-refractivity contribution is 0.171. The Hall–Kier alpha value is -1.31. The molecule has 0 aliphatic heterocycles. The van der Waals surface area contributed by atoms with Crippen LogP contribution < -0.4 is 10.5 Å². The zero-order valence-electron chi connectivity index (χ0n) is 11.3. The van der Waals surface area contributed by atoms with Crippen molar-refractivity contribution in [1.82, 2.24) is 4.31 Å². The van der Waals surface area contributed by atoms with Crippen LogP contribution >= 0.6 is 0 Å². The van der Waals surface area contributed by atoms with Gasteiger partial charge in [-0.3, -0.25) is 0 Å². The fourth-order valence-corrected chi connectivity index (χ4v) is 3.05. The Morgan fingerprint density at radius 3 is 2.63 bits per heavy atom. The molecular weight excluding hydrogens is 268 g/mol. The molecule has 0 saturated carbocycles. The van der Waals surface area contributed by atoms with Crippen molar-refractivity contribution in [3.8, 4) is 5.75 Å². The van der Waals surface area contributed by atoms with Gasteiger partial charge >= 0.3 is 0 Å². The summed E-state index contributed by atoms with van der Waals surface area (Å²) in [6, 6.07) is 4.47. The first kappa shape index (κ1) is 15.7. The van der Waals surface area contributed by atoms with Crippen molar-refractivity contribution in [2.24, 2.45) is 0 Å². The van der Waals surface area contributed by atoms with E-state index in [-0.39, 0.29) is 17.2 Å². The van der Waals surface area contributed by atoms with E-state index in [1.165, 1.54) is 26.1 Å². The van der Waals surface area contributed by atoms with Gasteiger partial charge in [0.1, 0.15) is 10.6 Å². The molecule has 0 aliphatic carbocycles. The predicted octanol–water partition coefficient (Wildman–Crippen LogP) is 0.669. The Morgan fingerprint density at radius 1 is 1.47 bits per heavy atom. The van der Waals surface area contributed by atoms with Crippen LogP contribution in [0.2, 0.25) is 0 Å². The molecule has 1 aromatic carbocycles. The zero-order valence-corrected chi connectivity index (χ0v) is 12.1. The number of anilines is 1. The van der Waals surface area contributed by atoms with Crippen LogP contribution in [0.1, 0.15) is 13.8 Å². The van der Waals surface area contributed by atoms with Crippen molar-refractivity contribution in [2.75, 3.05) is 25.9 Å². The molecule has 7 heteroatoms. The van der Waals surface area contributed by atoms with Gasteiger partial charge in [-0.05, 0) is 32.0 Å². The average molecular weight is 288 g/mol. The number of hydrogen-bond acceptors (Lipinski definition) is 5. The molecule has 0 radical (unpaired) electrons. The van der Waals surface area contributed by atoms with Gasteiger partial charge in [-0.15, -0.1) is 0 Å². The quantitative estimate of drug-likeness (QED) is 0.750. The summed E-state index contributed by atoms with van der Waals surface area (Å²) in [7, 11) is -2.34. The first-order valence-electron chi connectivity index (χ1n) is 5.95. The highest BCUT2D eigenvalue weighted by molar-refractivity contribution is 7.89. The van der Waals surface area contributed by atoms with Gasteiger partial charge in [-0.2, -0.15) is 4.31 Å². The summed E-state index contributed by atoms with van der Waals surface area (Å²) < 4.78 is 31.2. The number of nitrogens with zero attached hydrogens (tertiary/aromatic N) is 1. The Labute approximate surface area is 113 Å². The number of nitrogens with two attached hydrogens (primary N) is 1. The second-order valence-electron chi connectivity index (χ2n) is 4.27. The largest absolute Gasteiger partial charge is 0.492 e. The number of nitrogen functional groups attached to an aromatic ring is 1. The third-order valence-corrected chi connectivity index (χ3v) is 4.32. The number of aliphatic hydroxyl groups is 1. The molecule has 19 heavy (non-hydrogen) atoms. The average Bonchev–Trinajstić information content (AvgIpc) is 2.30. The second kappa shape index (κ2) is 6.23. The molecule has 0 spiro atoms. The Balaban J connectivity index is 3.22. The second-order valence-corrected chi connectivity index (χ2v) is 6.29. The molecule has 1 atom stereocenters. The topological polar surface area (TPSA) is 92.9 Å². The van der Waals surface area contributed by atoms with E-state index in [0.717, 1.165) is 4.31 Å². The van der Waals surface area contributed by atoms with E-state index < -0.39 is 16.1 Å². The summed E-state index contributed by atoms with van der Waals surface area (Å²) in [6.07, 6.45) is -0.753. The van der Waals surface area contributed by atoms with Crippen LogP contribution in [0.25, 0.3) is 0 Å². The minimum atomic E-state index is -3.74. The fraction of sp³-hybridized carbons (Fsp3) is 0.500. The predicted molar refractivity (Wildman–Crippen MR) is 73.5 cm³/mol. The summed E-state index contributed by atoms with van der Waals surface area (Å²) in [5.41, 5.74) is 5.97.